The van der Waals surface area contributed by atoms with E-state index in [9.17, 15) is 0 Å². The summed E-state index contributed by atoms with van der Waals surface area (Å²) in [7, 11) is 3.31. The monoisotopic (exact) mass is 536 g/mol. The summed E-state index contributed by atoms with van der Waals surface area (Å²) in [5, 5.41) is 6.68. The van der Waals surface area contributed by atoms with E-state index >= 15 is 0 Å². The van der Waals surface area contributed by atoms with Crippen molar-refractivity contribution in [2.45, 2.75) is 26.4 Å². The molecule has 31 heavy (non-hydrogen) atoms. The van der Waals surface area contributed by atoms with Crippen molar-refractivity contribution in [1.82, 2.24) is 15.6 Å². The fourth-order valence-electron chi connectivity index (χ4n) is 3.03. The van der Waals surface area contributed by atoms with Crippen LogP contribution >= 0.6 is 24.0 Å². The lowest BCUT2D eigenvalue weighted by molar-refractivity contribution is 0.394. The Morgan fingerprint density at radius 2 is 1.90 bits per heavy atom. The molecule has 0 radical (unpaired) electrons. The van der Waals surface area contributed by atoms with Crippen molar-refractivity contribution in [3.05, 3.63) is 66.1 Å². The van der Waals surface area contributed by atoms with Crippen molar-refractivity contribution in [2.24, 2.45) is 4.99 Å². The number of ether oxygens (including phenoxy) is 2. The lowest BCUT2D eigenvalue weighted by Crippen LogP contribution is -2.38. The van der Waals surface area contributed by atoms with Crippen molar-refractivity contribution in [2.75, 3.05) is 20.8 Å². The molecule has 1 heterocycles. The van der Waals surface area contributed by atoms with E-state index in [2.05, 4.69) is 20.6 Å². The van der Waals surface area contributed by atoms with Crippen LogP contribution in [0.3, 0.4) is 0 Å². The van der Waals surface area contributed by atoms with E-state index in [-0.39, 0.29) is 30.0 Å². The van der Waals surface area contributed by atoms with E-state index in [4.69, 9.17) is 13.9 Å². The highest BCUT2D eigenvalue weighted by Gasteiger charge is 2.14. The Hall–Kier alpha value is -2.75. The molecule has 0 fully saturated rings. The third-order valence-corrected chi connectivity index (χ3v) is 4.57. The van der Waals surface area contributed by atoms with Crippen LogP contribution in [0.2, 0.25) is 0 Å². The maximum absolute atomic E-state index is 5.60. The number of guanidine groups is 1. The van der Waals surface area contributed by atoms with Gasteiger partial charge in [-0.15, -0.1) is 24.0 Å². The van der Waals surface area contributed by atoms with E-state index in [0.29, 0.717) is 18.4 Å². The molecule has 3 rings (SSSR count). The molecule has 3 aromatic rings. The number of methoxy groups -OCH3 is 2. The van der Waals surface area contributed by atoms with E-state index in [0.717, 1.165) is 34.9 Å². The van der Waals surface area contributed by atoms with Gasteiger partial charge in [0.2, 0.25) is 5.89 Å². The molecule has 0 saturated carbocycles. The van der Waals surface area contributed by atoms with Gasteiger partial charge in [-0.25, -0.2) is 9.98 Å². The van der Waals surface area contributed by atoms with Crippen LogP contribution in [0.5, 0.6) is 11.5 Å². The molecule has 1 atom stereocenters. The molecular weight excluding hydrogens is 507 g/mol. The third kappa shape index (κ3) is 6.61. The highest BCUT2D eigenvalue weighted by Crippen LogP contribution is 2.29. The summed E-state index contributed by atoms with van der Waals surface area (Å²) in [5.41, 5.74) is 2.68. The van der Waals surface area contributed by atoms with E-state index in [1.54, 1.807) is 20.5 Å². The molecule has 0 spiro atoms. The van der Waals surface area contributed by atoms with Crippen molar-refractivity contribution in [3.8, 4) is 23.0 Å². The summed E-state index contributed by atoms with van der Waals surface area (Å²) in [6.07, 6.45) is 1.64. The molecule has 0 aliphatic heterocycles. The largest absolute Gasteiger partial charge is 0.497 e. The third-order valence-electron chi connectivity index (χ3n) is 4.57. The number of benzene rings is 2. The maximum atomic E-state index is 5.60. The zero-order valence-electron chi connectivity index (χ0n) is 18.2. The molecule has 1 unspecified atom stereocenters. The van der Waals surface area contributed by atoms with E-state index < -0.39 is 0 Å². The standard InChI is InChI=1S/C23H28N4O3.HI/c1-5-24-23(26-16(2)20-13-19(28-3)11-12-21(20)29-4)25-14-18-15-30-22(27-18)17-9-7-6-8-10-17;/h6-13,15-16H,5,14H2,1-4H3,(H2,24,25,26);1H. The number of aromatic nitrogens is 1. The van der Waals surface area contributed by atoms with Gasteiger partial charge in [-0.3, -0.25) is 0 Å². The molecule has 0 saturated heterocycles. The van der Waals surface area contributed by atoms with Gasteiger partial charge in [0.25, 0.3) is 0 Å². The summed E-state index contributed by atoms with van der Waals surface area (Å²) in [6.45, 7) is 5.21. The molecule has 0 aliphatic carbocycles. The molecule has 0 bridgehead atoms. The zero-order valence-corrected chi connectivity index (χ0v) is 20.5. The summed E-state index contributed by atoms with van der Waals surface area (Å²) in [6, 6.07) is 15.5. The van der Waals surface area contributed by atoms with Gasteiger partial charge in [0.15, 0.2) is 5.96 Å². The lowest BCUT2D eigenvalue weighted by atomic mass is 10.1. The highest BCUT2D eigenvalue weighted by molar-refractivity contribution is 14.0. The summed E-state index contributed by atoms with van der Waals surface area (Å²) in [5.74, 6) is 2.83. The first-order chi connectivity index (χ1) is 14.6. The SMILES string of the molecule is CCNC(=NCc1coc(-c2ccccc2)n1)NC(C)c1cc(OC)ccc1OC.I. The first-order valence-corrected chi connectivity index (χ1v) is 9.91. The molecular formula is C23H29IN4O3. The number of nitrogens with zero attached hydrogens (tertiary/aromatic N) is 2. The maximum Gasteiger partial charge on any atom is 0.226 e. The van der Waals surface area contributed by atoms with Crippen LogP contribution in [0.15, 0.2) is 64.2 Å². The summed E-state index contributed by atoms with van der Waals surface area (Å²) >= 11 is 0. The second-order valence-corrected chi connectivity index (χ2v) is 6.68. The van der Waals surface area contributed by atoms with Gasteiger partial charge in [0.05, 0.1) is 26.8 Å². The van der Waals surface area contributed by atoms with Gasteiger partial charge in [0.1, 0.15) is 23.5 Å². The lowest BCUT2D eigenvalue weighted by Gasteiger charge is -2.20. The minimum atomic E-state index is -0.0509. The number of rotatable bonds is 8. The number of oxazole rings is 1. The van der Waals surface area contributed by atoms with Crippen LogP contribution in [0.4, 0.5) is 0 Å². The van der Waals surface area contributed by atoms with Crippen LogP contribution in [-0.2, 0) is 6.54 Å². The summed E-state index contributed by atoms with van der Waals surface area (Å²) in [4.78, 5) is 9.19. The summed E-state index contributed by atoms with van der Waals surface area (Å²) < 4.78 is 16.5. The van der Waals surface area contributed by atoms with Crippen LogP contribution in [0.25, 0.3) is 11.5 Å². The van der Waals surface area contributed by atoms with Gasteiger partial charge in [-0.2, -0.15) is 0 Å². The van der Waals surface area contributed by atoms with E-state index in [1.165, 1.54) is 0 Å². The number of halogens is 1. The Morgan fingerprint density at radius 3 is 2.58 bits per heavy atom. The van der Waals surface area contributed by atoms with Crippen molar-refractivity contribution < 1.29 is 13.9 Å². The Balaban J connectivity index is 0.00000341. The number of nitrogens with one attached hydrogen (secondary N) is 2. The van der Waals surface area contributed by atoms with Crippen LogP contribution in [0, 0.1) is 0 Å². The molecule has 1 aromatic heterocycles. The molecule has 2 aromatic carbocycles. The Bertz CT molecular complexity index is 976. The second kappa shape index (κ2) is 12.2. The minimum Gasteiger partial charge on any atom is -0.497 e. The second-order valence-electron chi connectivity index (χ2n) is 6.68. The van der Waals surface area contributed by atoms with Crippen LogP contribution in [0.1, 0.15) is 31.1 Å². The molecule has 0 aliphatic rings. The fourth-order valence-corrected chi connectivity index (χ4v) is 3.03. The zero-order chi connectivity index (χ0) is 21.3. The molecule has 7 nitrogen and oxygen atoms in total. The first-order valence-electron chi connectivity index (χ1n) is 9.91. The molecule has 8 heteroatoms. The molecule has 2 N–H and O–H groups in total. The van der Waals surface area contributed by atoms with Crippen LogP contribution < -0.4 is 20.1 Å². The average Bonchev–Trinajstić information content (AvgIpc) is 3.27. The first kappa shape index (κ1) is 24.5. The fraction of sp³-hybridized carbons (Fsp3) is 0.304. The Kier molecular flexibility index (Phi) is 9.64. The number of hydrogen-bond acceptors (Lipinski definition) is 5. The van der Waals surface area contributed by atoms with Crippen molar-refractivity contribution >= 4 is 29.9 Å². The predicted molar refractivity (Wildman–Crippen MR) is 133 cm³/mol. The topological polar surface area (TPSA) is 80.9 Å². The Labute approximate surface area is 200 Å². The van der Waals surface area contributed by atoms with Crippen molar-refractivity contribution in [1.29, 1.82) is 0 Å². The van der Waals surface area contributed by atoms with E-state index in [1.807, 2.05) is 62.4 Å². The van der Waals surface area contributed by atoms with Gasteiger partial charge in [-0.05, 0) is 44.2 Å². The van der Waals surface area contributed by atoms with Gasteiger partial charge < -0.3 is 24.5 Å². The van der Waals surface area contributed by atoms with Crippen molar-refractivity contribution in [3.63, 3.8) is 0 Å². The van der Waals surface area contributed by atoms with Gasteiger partial charge in [-0.1, -0.05) is 18.2 Å². The smallest absolute Gasteiger partial charge is 0.226 e. The predicted octanol–water partition coefficient (Wildman–Crippen LogP) is 4.79. The molecule has 166 valence electrons. The highest BCUT2D eigenvalue weighted by atomic mass is 127. The molecule has 0 amide bonds. The quantitative estimate of drug-likeness (QED) is 0.245. The number of aliphatic imine (C=N–C) groups is 1. The normalized spacial score (nSPS) is 11.9. The van der Waals surface area contributed by atoms with Gasteiger partial charge >= 0.3 is 0 Å². The van der Waals surface area contributed by atoms with Crippen LogP contribution in [-0.4, -0.2) is 31.7 Å². The Morgan fingerprint density at radius 1 is 1.13 bits per heavy atom. The minimum absolute atomic E-state index is 0. The number of hydrogen-bond donors (Lipinski definition) is 2. The average molecular weight is 536 g/mol. The van der Waals surface area contributed by atoms with Gasteiger partial charge in [0, 0.05) is 17.7 Å².